The third kappa shape index (κ3) is 9.66. The molecule has 0 saturated carbocycles. The predicted octanol–water partition coefficient (Wildman–Crippen LogP) is -3.47. The Labute approximate surface area is 288 Å². The Bertz CT molecular complexity index is 1350. The summed E-state index contributed by atoms with van der Waals surface area (Å²) in [6.07, 6.45) is -0.882. The molecule has 280 valence electrons. The van der Waals surface area contributed by atoms with Gasteiger partial charge in [0.2, 0.25) is 12.1 Å². The van der Waals surface area contributed by atoms with Crippen LogP contribution < -0.4 is 16.4 Å². The van der Waals surface area contributed by atoms with Crippen LogP contribution in [0.5, 0.6) is 0 Å². The van der Waals surface area contributed by atoms with E-state index in [1.54, 1.807) is 17.1 Å². The van der Waals surface area contributed by atoms with Gasteiger partial charge in [-0.05, 0) is 19.0 Å². The maximum atomic E-state index is 12.9. The molecule has 0 unspecified atom stereocenters. The Morgan fingerprint density at radius 2 is 1.98 bits per heavy atom. The molecule has 0 aromatic rings. The average Bonchev–Trinajstić information content (AvgIpc) is 3.09. The maximum Gasteiger partial charge on any atom is 0.339 e. The summed E-state index contributed by atoms with van der Waals surface area (Å²) in [6.45, 7) is 2.80. The first-order chi connectivity index (χ1) is 23.9. The van der Waals surface area contributed by atoms with E-state index in [9.17, 15) is 40.2 Å². The Kier molecular flexibility index (Phi) is 15.3. The van der Waals surface area contributed by atoms with Crippen molar-refractivity contribution in [3.05, 3.63) is 59.7 Å². The minimum atomic E-state index is -2.94. The second kappa shape index (κ2) is 18.9. The number of carbonyl (C=O) groups is 2. The van der Waals surface area contributed by atoms with Gasteiger partial charge in [0.25, 0.3) is 0 Å². The van der Waals surface area contributed by atoms with E-state index < -0.39 is 67.1 Å². The lowest BCUT2D eigenvalue weighted by molar-refractivity contribution is -0.410. The van der Waals surface area contributed by atoms with E-state index in [-0.39, 0.29) is 62.4 Å². The van der Waals surface area contributed by atoms with Gasteiger partial charge in [-0.15, -0.1) is 6.58 Å². The number of aliphatic hydroxyl groups is 6. The number of ether oxygens (including phenoxy) is 5. The number of allylic oxidation sites excluding steroid dienone is 1. The molecule has 3 aliphatic rings. The van der Waals surface area contributed by atoms with E-state index in [0.717, 1.165) is 6.26 Å². The highest BCUT2D eigenvalue weighted by molar-refractivity contribution is 5.95. The highest BCUT2D eigenvalue weighted by Gasteiger charge is 2.57. The number of guanidine groups is 1. The van der Waals surface area contributed by atoms with E-state index in [0.29, 0.717) is 12.0 Å². The van der Waals surface area contributed by atoms with Gasteiger partial charge >= 0.3 is 11.9 Å². The monoisotopic (exact) mass is 713 g/mol. The summed E-state index contributed by atoms with van der Waals surface area (Å²) in [6, 6.07) is 0. The summed E-state index contributed by atoms with van der Waals surface area (Å²) < 4.78 is 27.9. The number of β-amino-alcohol motifs (C(OH)–C–C–N with tert-alkyl or cyclic N) is 1. The molecule has 0 spiro atoms. The van der Waals surface area contributed by atoms with Gasteiger partial charge in [-0.2, -0.15) is 0 Å². The Hall–Kier alpha value is -3.89. The Balaban J connectivity index is 2.06. The van der Waals surface area contributed by atoms with Crippen LogP contribution in [0.4, 0.5) is 0 Å². The maximum absolute atomic E-state index is 12.9. The molecular formula is C31H47N5O14. The molecule has 7 atom stereocenters. The normalized spacial score (nSPS) is 28.5. The standard InChI is InChI=1S/C31H47N5O14/c1-4-18-19(7-6-17-12-36(9-11-38)13-20(26(41)42)23(17)35-30(32)34-8-5-10-37)21(27(43)46-3)15-47-28(18)50-29-25(48-16-33-2)31(44,45)24(40)22(14-39)49-29/h4,6-7,13,15,18-19,22,24-25,28-29,33,37-40,44-45H,1,5,8-12,14,16H2,2-3H3,(H,41,42)(H3,32,34,35)/b7-6+/t18-,19+,22-,24-,25+,28+,29+/m1/s1. The Morgan fingerprint density at radius 3 is 2.58 bits per heavy atom. The number of esters is 1. The summed E-state index contributed by atoms with van der Waals surface area (Å²) >= 11 is 0. The zero-order valence-electron chi connectivity index (χ0n) is 27.8. The quantitative estimate of drug-likeness (QED) is 0.0175. The van der Waals surface area contributed by atoms with Crippen LogP contribution in [0.1, 0.15) is 6.42 Å². The fourth-order valence-electron chi connectivity index (χ4n) is 5.45. The number of aliphatic imine (C=N–C) groups is 1. The molecule has 0 bridgehead atoms. The number of methoxy groups -OCH3 is 1. The van der Waals surface area contributed by atoms with Crippen LogP contribution in [-0.2, 0) is 33.3 Å². The molecule has 1 saturated heterocycles. The van der Waals surface area contributed by atoms with Crippen LogP contribution in [0, 0.1) is 11.8 Å². The molecule has 0 radical (unpaired) electrons. The van der Waals surface area contributed by atoms with E-state index in [4.69, 9.17) is 34.5 Å². The third-order valence-corrected chi connectivity index (χ3v) is 7.98. The molecule has 3 heterocycles. The van der Waals surface area contributed by atoms with Crippen molar-refractivity contribution >= 4 is 17.9 Å². The van der Waals surface area contributed by atoms with Crippen LogP contribution in [0.25, 0.3) is 0 Å². The van der Waals surface area contributed by atoms with Crippen molar-refractivity contribution in [2.75, 3.05) is 60.3 Å². The van der Waals surface area contributed by atoms with Gasteiger partial charge in [0.05, 0.1) is 56.1 Å². The van der Waals surface area contributed by atoms with Crippen LogP contribution in [0.2, 0.25) is 0 Å². The third-order valence-electron chi connectivity index (χ3n) is 7.98. The van der Waals surface area contributed by atoms with Crippen molar-refractivity contribution < 1.29 is 69.0 Å². The molecule has 19 nitrogen and oxygen atoms in total. The van der Waals surface area contributed by atoms with E-state index >= 15 is 0 Å². The molecular weight excluding hydrogens is 666 g/mol. The number of nitrogens with one attached hydrogen (secondary N) is 2. The van der Waals surface area contributed by atoms with E-state index in [1.165, 1.54) is 26.4 Å². The van der Waals surface area contributed by atoms with Gasteiger partial charge in [0, 0.05) is 38.4 Å². The second-order valence-electron chi connectivity index (χ2n) is 11.4. The highest BCUT2D eigenvalue weighted by atomic mass is 16.8. The highest BCUT2D eigenvalue weighted by Crippen LogP contribution is 2.38. The van der Waals surface area contributed by atoms with E-state index in [1.807, 2.05) is 0 Å². The second-order valence-corrected chi connectivity index (χ2v) is 11.4. The van der Waals surface area contributed by atoms with Crippen LogP contribution >= 0.6 is 0 Å². The predicted molar refractivity (Wildman–Crippen MR) is 173 cm³/mol. The van der Waals surface area contributed by atoms with Crippen molar-refractivity contribution in [3.8, 4) is 0 Å². The van der Waals surface area contributed by atoms with Gasteiger partial charge in [-0.25, -0.2) is 9.59 Å². The fourth-order valence-corrected chi connectivity index (χ4v) is 5.45. The van der Waals surface area contributed by atoms with Crippen molar-refractivity contribution in [1.29, 1.82) is 0 Å². The number of carboxylic acid groups (broad SMARTS) is 1. The average molecular weight is 714 g/mol. The smallest absolute Gasteiger partial charge is 0.339 e. The number of hydrogen-bond donors (Lipinski definition) is 10. The zero-order valence-corrected chi connectivity index (χ0v) is 27.8. The number of carbonyl (C=O) groups excluding carboxylic acids is 1. The number of rotatable bonds is 17. The molecule has 1 fully saturated rings. The summed E-state index contributed by atoms with van der Waals surface area (Å²) in [4.78, 5) is 30.9. The first-order valence-corrected chi connectivity index (χ1v) is 15.6. The molecule has 11 N–H and O–H groups in total. The largest absolute Gasteiger partial charge is 0.478 e. The van der Waals surface area contributed by atoms with Gasteiger partial charge in [-0.3, -0.25) is 10.3 Å². The topological polar surface area (TPSA) is 288 Å². The number of aliphatic hydroxyl groups excluding tert-OH is 4. The SMILES string of the molecule is C=C[C@H]1[C@H](O[C@@H]2O[C@H](CO)[C@@H](O)C(O)(O)[C@H]2OCNC)OC=C(C(=O)OC)[C@H]1/C=C/C1=C(NC(N)=NCCCO)C(C(=O)O)=CN(CCO)C1. The zero-order chi connectivity index (χ0) is 37.0. The molecule has 0 aliphatic carbocycles. The minimum Gasteiger partial charge on any atom is -0.478 e. The van der Waals surface area contributed by atoms with E-state index in [2.05, 4.69) is 22.2 Å². The van der Waals surface area contributed by atoms with Gasteiger partial charge in [0.15, 0.2) is 18.4 Å². The number of hydrogen-bond acceptors (Lipinski definition) is 16. The number of carboxylic acids is 1. The first-order valence-electron chi connectivity index (χ1n) is 15.6. The van der Waals surface area contributed by atoms with Crippen LogP contribution in [0.15, 0.2) is 64.7 Å². The molecule has 19 heteroatoms. The lowest BCUT2D eigenvalue weighted by Gasteiger charge is -2.47. The first kappa shape index (κ1) is 40.5. The number of nitrogens with zero attached hydrogens (tertiary/aromatic N) is 2. The molecule has 3 rings (SSSR count). The summed E-state index contributed by atoms with van der Waals surface area (Å²) in [5, 5.41) is 76.0. The summed E-state index contributed by atoms with van der Waals surface area (Å²) in [5.74, 6) is -6.96. The van der Waals surface area contributed by atoms with Crippen molar-refractivity contribution in [1.82, 2.24) is 15.5 Å². The van der Waals surface area contributed by atoms with Gasteiger partial charge < -0.3 is 75.4 Å². The van der Waals surface area contributed by atoms with Crippen molar-refractivity contribution in [2.45, 2.75) is 43.1 Å². The molecule has 3 aliphatic heterocycles. The fraction of sp³-hybridized carbons (Fsp3) is 0.581. The van der Waals surface area contributed by atoms with Crippen LogP contribution in [0.3, 0.4) is 0 Å². The Morgan fingerprint density at radius 1 is 1.24 bits per heavy atom. The molecule has 0 amide bonds. The van der Waals surface area contributed by atoms with Gasteiger partial charge in [-0.1, -0.05) is 18.2 Å². The number of nitrogens with two attached hydrogens (primary N) is 1. The van der Waals surface area contributed by atoms with Crippen molar-refractivity contribution in [2.24, 2.45) is 22.6 Å². The minimum absolute atomic E-state index is 0.0144. The number of aliphatic carboxylic acids is 1. The summed E-state index contributed by atoms with van der Waals surface area (Å²) in [7, 11) is 2.69. The molecule has 0 aromatic heterocycles. The summed E-state index contributed by atoms with van der Waals surface area (Å²) in [5.41, 5.74) is 6.32. The van der Waals surface area contributed by atoms with Gasteiger partial charge in [0.1, 0.15) is 12.2 Å². The lowest BCUT2D eigenvalue weighted by atomic mass is 9.83. The van der Waals surface area contributed by atoms with Crippen molar-refractivity contribution in [3.63, 3.8) is 0 Å². The lowest BCUT2D eigenvalue weighted by Crippen LogP contribution is -2.69. The molecule has 0 aromatic carbocycles. The van der Waals surface area contributed by atoms with Crippen LogP contribution in [-0.4, -0.2) is 156 Å². The molecule has 50 heavy (non-hydrogen) atoms.